The van der Waals surface area contributed by atoms with Crippen LogP contribution in [0.5, 0.6) is 11.5 Å². The van der Waals surface area contributed by atoms with Gasteiger partial charge in [0.25, 0.3) is 11.8 Å². The fourth-order valence-corrected chi connectivity index (χ4v) is 13.2. The minimum Gasteiger partial charge on any atom is -0.484 e. The first-order chi connectivity index (χ1) is 53.0. The second-order valence-electron chi connectivity index (χ2n) is 27.0. The van der Waals surface area contributed by atoms with E-state index in [1.54, 1.807) is 48.5 Å². The van der Waals surface area contributed by atoms with Crippen LogP contribution in [0.1, 0.15) is 37.0 Å². The van der Waals surface area contributed by atoms with E-state index in [1.807, 2.05) is 0 Å². The van der Waals surface area contributed by atoms with Crippen molar-refractivity contribution in [3.8, 4) is 33.8 Å². The van der Waals surface area contributed by atoms with Crippen molar-refractivity contribution in [3.63, 3.8) is 0 Å². The maximum absolute atomic E-state index is 13.4. The maximum atomic E-state index is 13.4. The van der Waals surface area contributed by atoms with Crippen LogP contribution in [0, 0.1) is 0 Å². The first-order valence-electron chi connectivity index (χ1n) is 35.6. The Morgan fingerprint density at radius 2 is 0.712 bits per heavy atom. The normalized spacial score (nSPS) is 36.5. The number of hydrogen-bond acceptors (Lipinski definition) is 37. The number of amides is 4. The standard InChI is InChI=1S/C69H98N4O38/c1-28(80)72-45-51(88)59(108-68-57(94)61(49(86)39(22-76)104-68)110-66-55(92)53(90)47(84)37(20-74)102-66)41(24-78)106-64(45)98-13-5-11-70-43(82)26-100-35-17-34(32-9-3-7-30(15-32)31-8-4-10-33(16-31)63(96)97)18-36(19-35)101-27-44(83)71-12-6-14-99-65-46(73-29(2)81)52(89)60(42(25-79)107-65)109-69-58(95)62(50(87)40(23-77)105-69)111-67-56(93)54(91)48(85)38(21-75)103-67/h3-4,7-10,15-19,37-42,45-62,64-69,74-79,84-95H,5-6,11-14,20-27H2,1-2H3,(H,70,82)(H,71,83)(H,72,80)(H,73,81)(H,96,97)/t37?,38?,39?,40?,41?,42?,45?,46?,47-,48-,49-,50-,51?,52?,53?,54?,55?,56?,57?,58?,59+,60+,61?,62?,64+,65+,66+,67+,68-,69-/m0/s1. The number of ether oxygens (including phenoxy) is 14. The zero-order valence-corrected chi connectivity index (χ0v) is 59.8. The number of aliphatic hydroxyl groups is 18. The molecule has 18 unspecified atom stereocenters. The Labute approximate surface area is 632 Å². The van der Waals surface area contributed by atoms with Crippen LogP contribution < -0.4 is 30.7 Å². The summed E-state index contributed by atoms with van der Waals surface area (Å²) in [6.45, 7) is -4.70. The smallest absolute Gasteiger partial charge is 0.335 e. The molecule has 4 amide bonds. The Morgan fingerprint density at radius 3 is 1.09 bits per heavy atom. The monoisotopic (exact) mass is 1590 g/mol. The molecule has 6 saturated heterocycles. The summed E-state index contributed by atoms with van der Waals surface area (Å²) in [5.74, 6) is -3.61. The Morgan fingerprint density at radius 1 is 0.369 bits per heavy atom. The number of carbonyl (C=O) groups is 5. The Hall–Kier alpha value is -6.59. The summed E-state index contributed by atoms with van der Waals surface area (Å²) in [5, 5.41) is 211. The highest BCUT2D eigenvalue weighted by atomic mass is 16.8. The molecule has 42 heteroatoms. The van der Waals surface area contributed by atoms with Crippen molar-refractivity contribution in [1.82, 2.24) is 21.3 Å². The van der Waals surface area contributed by atoms with Gasteiger partial charge in [0.2, 0.25) is 11.8 Å². The van der Waals surface area contributed by atoms with E-state index in [1.165, 1.54) is 18.2 Å². The van der Waals surface area contributed by atoms with Gasteiger partial charge < -0.3 is 185 Å². The summed E-state index contributed by atoms with van der Waals surface area (Å²) in [7, 11) is 0. The average molecular weight is 1590 g/mol. The molecule has 0 aliphatic carbocycles. The number of rotatable bonds is 35. The number of aliphatic hydroxyl groups excluding tert-OH is 18. The summed E-state index contributed by atoms with van der Waals surface area (Å²) in [6, 6.07) is 14.9. The zero-order valence-electron chi connectivity index (χ0n) is 59.8. The largest absolute Gasteiger partial charge is 0.484 e. The Balaban J connectivity index is 0.780. The van der Waals surface area contributed by atoms with Gasteiger partial charge in [-0.1, -0.05) is 30.3 Å². The van der Waals surface area contributed by atoms with Crippen LogP contribution in [0.15, 0.2) is 66.7 Å². The number of aromatic carboxylic acids is 1. The predicted octanol–water partition coefficient (Wildman–Crippen LogP) is -10.3. The van der Waals surface area contributed by atoms with Crippen molar-refractivity contribution in [3.05, 3.63) is 72.3 Å². The number of carbonyl (C=O) groups excluding carboxylic acids is 4. The highest BCUT2D eigenvalue weighted by Crippen LogP contribution is 2.38. The van der Waals surface area contributed by atoms with Crippen LogP contribution in [-0.4, -0.2) is 390 Å². The van der Waals surface area contributed by atoms with E-state index in [2.05, 4.69) is 21.3 Å². The van der Waals surface area contributed by atoms with E-state index in [0.29, 0.717) is 22.3 Å². The topological polar surface area (TPSA) is 647 Å². The Kier molecular flexibility index (Phi) is 32.7. The van der Waals surface area contributed by atoms with Crippen LogP contribution in [0.4, 0.5) is 0 Å². The van der Waals surface area contributed by atoms with Crippen molar-refractivity contribution in [2.75, 3.05) is 79.2 Å². The van der Waals surface area contributed by atoms with Crippen LogP contribution in [-0.2, 0) is 76.0 Å². The zero-order chi connectivity index (χ0) is 80.7. The van der Waals surface area contributed by atoms with E-state index in [-0.39, 0.29) is 56.2 Å². The second-order valence-corrected chi connectivity index (χ2v) is 27.0. The quantitative estimate of drug-likeness (QED) is 0.0243. The van der Waals surface area contributed by atoms with Crippen LogP contribution in [0.2, 0.25) is 0 Å². The molecule has 0 bridgehead atoms. The molecule has 42 nitrogen and oxygen atoms in total. The molecule has 6 aliphatic rings. The second kappa shape index (κ2) is 41.1. The number of benzene rings is 3. The molecule has 6 aliphatic heterocycles. The fourth-order valence-electron chi connectivity index (χ4n) is 13.2. The molecule has 30 atom stereocenters. The average Bonchev–Trinajstić information content (AvgIpc) is 0.782. The minimum atomic E-state index is -2.05. The van der Waals surface area contributed by atoms with Gasteiger partial charge in [-0.3, -0.25) is 19.2 Å². The predicted molar refractivity (Wildman–Crippen MR) is 364 cm³/mol. The maximum Gasteiger partial charge on any atom is 0.335 e. The molecule has 0 aromatic heterocycles. The first-order valence-corrected chi connectivity index (χ1v) is 35.6. The fraction of sp³-hybridized carbons (Fsp3) is 0.667. The van der Waals surface area contributed by atoms with Gasteiger partial charge >= 0.3 is 5.97 Å². The van der Waals surface area contributed by atoms with Gasteiger partial charge in [0.05, 0.1) is 58.4 Å². The molecule has 3 aromatic carbocycles. The van der Waals surface area contributed by atoms with Gasteiger partial charge in [0.1, 0.15) is 158 Å². The molecule has 111 heavy (non-hydrogen) atoms. The van der Waals surface area contributed by atoms with Gasteiger partial charge in [-0.05, 0) is 65.4 Å². The van der Waals surface area contributed by atoms with Gasteiger partial charge in [-0.25, -0.2) is 4.79 Å². The molecular formula is C69H98N4O38. The molecular weight excluding hydrogens is 1490 g/mol. The molecule has 0 spiro atoms. The summed E-state index contributed by atoms with van der Waals surface area (Å²) in [4.78, 5) is 63.6. The lowest BCUT2D eigenvalue weighted by Gasteiger charge is -2.48. The Bertz CT molecular complexity index is 3310. The number of carboxylic acid groups (broad SMARTS) is 1. The minimum absolute atomic E-state index is 0.0415. The SMILES string of the molecule is CC(=O)NC1C(O)[C@H](O[C@@H]2OC(CO)[C@H](O)C(O[C@H]3OC(CO)[C@H](O)C(O)C3O)C2O)C(CO)O[C@H]1OCCCNC(=O)COc1cc(OCC(=O)NCCCO[C@@H]2OC(CO)[C@@H](O[C@@H]3OC(CO)[C@H](O)C(O[C@H]4OC(CO)[C@H](O)C(O)C4O)C3O)C(O)C2NC(C)=O)cc(-c2cccc(-c3cccc(C(=O)O)c3)c2)c1. The molecule has 0 saturated carbocycles. The molecule has 622 valence electrons. The number of nitrogens with one attached hydrogen (secondary N) is 4. The van der Waals surface area contributed by atoms with E-state index < -0.39 is 267 Å². The first kappa shape index (κ1) is 88.4. The van der Waals surface area contributed by atoms with Gasteiger partial charge in [0.15, 0.2) is 51.0 Å². The van der Waals surface area contributed by atoms with Crippen molar-refractivity contribution in [2.24, 2.45) is 0 Å². The lowest BCUT2D eigenvalue weighted by molar-refractivity contribution is -0.376. The van der Waals surface area contributed by atoms with Crippen molar-refractivity contribution < 1.29 is 187 Å². The summed E-state index contributed by atoms with van der Waals surface area (Å²) in [5.41, 5.74) is 2.27. The summed E-state index contributed by atoms with van der Waals surface area (Å²) < 4.78 is 80.7. The van der Waals surface area contributed by atoms with E-state index in [4.69, 9.17) is 66.3 Å². The highest BCUT2D eigenvalue weighted by molar-refractivity contribution is 5.89. The van der Waals surface area contributed by atoms with Gasteiger partial charge in [-0.15, -0.1) is 0 Å². The van der Waals surface area contributed by atoms with Crippen molar-refractivity contribution in [1.29, 1.82) is 0 Å². The third-order valence-electron chi connectivity index (χ3n) is 19.1. The summed E-state index contributed by atoms with van der Waals surface area (Å²) in [6.07, 6.45) is -49.3. The van der Waals surface area contributed by atoms with Gasteiger partial charge in [-0.2, -0.15) is 0 Å². The van der Waals surface area contributed by atoms with E-state index in [0.717, 1.165) is 13.8 Å². The van der Waals surface area contributed by atoms with E-state index >= 15 is 0 Å². The third kappa shape index (κ3) is 22.1. The third-order valence-corrected chi connectivity index (χ3v) is 19.1. The molecule has 9 rings (SSSR count). The number of hydrogen-bond donors (Lipinski definition) is 23. The van der Waals surface area contributed by atoms with Crippen molar-refractivity contribution in [2.45, 2.75) is 211 Å². The van der Waals surface area contributed by atoms with Gasteiger partial charge in [0, 0.05) is 33.0 Å². The van der Waals surface area contributed by atoms with Crippen LogP contribution in [0.25, 0.3) is 22.3 Å². The van der Waals surface area contributed by atoms with Crippen molar-refractivity contribution >= 4 is 29.6 Å². The number of carboxylic acids is 1. The summed E-state index contributed by atoms with van der Waals surface area (Å²) >= 11 is 0. The van der Waals surface area contributed by atoms with Crippen LogP contribution in [0.3, 0.4) is 0 Å². The highest BCUT2D eigenvalue weighted by Gasteiger charge is 2.57. The molecule has 6 heterocycles. The molecule has 23 N–H and O–H groups in total. The van der Waals surface area contributed by atoms with Crippen LogP contribution >= 0.6 is 0 Å². The van der Waals surface area contributed by atoms with E-state index in [9.17, 15) is 121 Å². The lowest BCUT2D eigenvalue weighted by atomic mass is 9.95. The molecule has 6 fully saturated rings. The molecule has 3 aromatic rings. The lowest BCUT2D eigenvalue weighted by Crippen LogP contribution is -2.68. The molecule has 0 radical (unpaired) electrons.